The van der Waals surface area contributed by atoms with Crippen molar-refractivity contribution in [2.24, 2.45) is 0 Å². The fourth-order valence-corrected chi connectivity index (χ4v) is 2.70. The standard InChI is InChI=1S/C18H16N6O/c1-12(13-2-5-15(6-3-13)24-11-19-9-22-24)23-18(25)14-4-7-16-17(8-14)21-10-20-16/h2-12H,1H3,(H,20,21)(H,23,25). The Balaban J connectivity index is 1.49. The largest absolute Gasteiger partial charge is 0.346 e. The lowest BCUT2D eigenvalue weighted by atomic mass is 10.1. The highest BCUT2D eigenvalue weighted by atomic mass is 16.1. The van der Waals surface area contributed by atoms with Gasteiger partial charge in [0.1, 0.15) is 12.7 Å². The molecule has 124 valence electrons. The fraction of sp³-hybridized carbons (Fsp3) is 0.111. The van der Waals surface area contributed by atoms with Gasteiger partial charge in [0, 0.05) is 5.56 Å². The van der Waals surface area contributed by atoms with Gasteiger partial charge < -0.3 is 10.3 Å². The summed E-state index contributed by atoms with van der Waals surface area (Å²) in [6.07, 6.45) is 4.75. The van der Waals surface area contributed by atoms with Crippen LogP contribution in [0, 0.1) is 0 Å². The summed E-state index contributed by atoms with van der Waals surface area (Å²) >= 11 is 0. The molecule has 2 N–H and O–H groups in total. The Morgan fingerprint density at radius 3 is 2.80 bits per heavy atom. The van der Waals surface area contributed by atoms with Crippen molar-refractivity contribution in [2.75, 3.05) is 0 Å². The Kier molecular flexibility index (Phi) is 3.74. The smallest absolute Gasteiger partial charge is 0.251 e. The monoisotopic (exact) mass is 332 g/mol. The predicted molar refractivity (Wildman–Crippen MR) is 93.3 cm³/mol. The van der Waals surface area contributed by atoms with Crippen molar-refractivity contribution in [3.05, 3.63) is 72.6 Å². The number of amides is 1. The van der Waals surface area contributed by atoms with Crippen molar-refractivity contribution in [1.29, 1.82) is 0 Å². The van der Waals surface area contributed by atoms with Crippen molar-refractivity contribution in [1.82, 2.24) is 30.0 Å². The first-order valence-corrected chi connectivity index (χ1v) is 7.90. The summed E-state index contributed by atoms with van der Waals surface area (Å²) in [7, 11) is 0. The molecule has 25 heavy (non-hydrogen) atoms. The average Bonchev–Trinajstić information content (AvgIpc) is 3.32. The Morgan fingerprint density at radius 1 is 1.20 bits per heavy atom. The third kappa shape index (κ3) is 2.99. The normalized spacial score (nSPS) is 12.2. The van der Waals surface area contributed by atoms with E-state index in [-0.39, 0.29) is 11.9 Å². The Labute approximate surface area is 143 Å². The summed E-state index contributed by atoms with van der Waals surface area (Å²) in [4.78, 5) is 23.6. The fourth-order valence-electron chi connectivity index (χ4n) is 2.70. The van der Waals surface area contributed by atoms with E-state index in [9.17, 15) is 4.79 Å². The van der Waals surface area contributed by atoms with E-state index < -0.39 is 0 Å². The van der Waals surface area contributed by atoms with Crippen LogP contribution in [-0.4, -0.2) is 30.6 Å². The van der Waals surface area contributed by atoms with Gasteiger partial charge in [-0.25, -0.2) is 14.6 Å². The van der Waals surface area contributed by atoms with Crippen LogP contribution < -0.4 is 5.32 Å². The summed E-state index contributed by atoms with van der Waals surface area (Å²) < 4.78 is 1.69. The number of imidazole rings is 1. The van der Waals surface area contributed by atoms with Crippen LogP contribution in [0.5, 0.6) is 0 Å². The molecule has 1 unspecified atom stereocenters. The Hall–Kier alpha value is -3.48. The molecule has 0 radical (unpaired) electrons. The molecule has 7 heteroatoms. The molecule has 7 nitrogen and oxygen atoms in total. The van der Waals surface area contributed by atoms with Crippen LogP contribution in [0.4, 0.5) is 0 Å². The van der Waals surface area contributed by atoms with Gasteiger partial charge in [0.05, 0.1) is 29.1 Å². The van der Waals surface area contributed by atoms with E-state index in [2.05, 4.69) is 25.4 Å². The van der Waals surface area contributed by atoms with Crippen LogP contribution in [0.2, 0.25) is 0 Å². The number of hydrogen-bond donors (Lipinski definition) is 2. The lowest BCUT2D eigenvalue weighted by Crippen LogP contribution is -2.26. The number of aromatic nitrogens is 5. The second kappa shape index (κ2) is 6.20. The number of nitrogens with one attached hydrogen (secondary N) is 2. The van der Waals surface area contributed by atoms with E-state index in [4.69, 9.17) is 0 Å². The van der Waals surface area contributed by atoms with Gasteiger partial charge in [-0.05, 0) is 42.8 Å². The number of hydrogen-bond acceptors (Lipinski definition) is 4. The first-order valence-electron chi connectivity index (χ1n) is 7.90. The van der Waals surface area contributed by atoms with Crippen LogP contribution >= 0.6 is 0 Å². The number of H-pyrrole nitrogens is 1. The number of benzene rings is 2. The molecule has 1 amide bonds. The molecule has 2 heterocycles. The molecule has 2 aromatic heterocycles. The molecule has 0 saturated carbocycles. The molecule has 0 spiro atoms. The summed E-state index contributed by atoms with van der Waals surface area (Å²) in [5, 5.41) is 7.11. The van der Waals surface area contributed by atoms with Gasteiger partial charge in [0.25, 0.3) is 5.91 Å². The maximum absolute atomic E-state index is 12.5. The summed E-state index contributed by atoms with van der Waals surface area (Å²) in [5.41, 5.74) is 4.22. The number of carbonyl (C=O) groups excluding carboxylic acids is 1. The summed E-state index contributed by atoms with van der Waals surface area (Å²) in [5.74, 6) is -0.121. The zero-order chi connectivity index (χ0) is 17.2. The van der Waals surface area contributed by atoms with Gasteiger partial charge in [-0.2, -0.15) is 5.10 Å². The molecule has 0 fully saturated rings. The number of rotatable bonds is 4. The second-order valence-corrected chi connectivity index (χ2v) is 5.76. The lowest BCUT2D eigenvalue weighted by molar-refractivity contribution is 0.0940. The number of carbonyl (C=O) groups is 1. The maximum atomic E-state index is 12.5. The molecule has 0 bridgehead atoms. The topological polar surface area (TPSA) is 88.5 Å². The minimum Gasteiger partial charge on any atom is -0.346 e. The molecule has 2 aromatic carbocycles. The van der Waals surface area contributed by atoms with Crippen molar-refractivity contribution in [2.45, 2.75) is 13.0 Å². The zero-order valence-corrected chi connectivity index (χ0v) is 13.5. The maximum Gasteiger partial charge on any atom is 0.251 e. The summed E-state index contributed by atoms with van der Waals surface area (Å²) in [6.45, 7) is 1.96. The van der Waals surface area contributed by atoms with Gasteiger partial charge >= 0.3 is 0 Å². The van der Waals surface area contributed by atoms with E-state index >= 15 is 0 Å². The molecule has 0 aliphatic rings. The number of aromatic amines is 1. The van der Waals surface area contributed by atoms with Gasteiger partial charge in [-0.3, -0.25) is 4.79 Å². The van der Waals surface area contributed by atoms with Gasteiger partial charge in [0.2, 0.25) is 0 Å². The predicted octanol–water partition coefficient (Wildman–Crippen LogP) is 2.63. The zero-order valence-electron chi connectivity index (χ0n) is 13.5. The van der Waals surface area contributed by atoms with E-state index in [0.717, 1.165) is 22.3 Å². The van der Waals surface area contributed by atoms with Gasteiger partial charge in [0.15, 0.2) is 0 Å². The molecule has 0 saturated heterocycles. The van der Waals surface area contributed by atoms with E-state index in [1.165, 1.54) is 6.33 Å². The molecule has 4 aromatic rings. The minimum atomic E-state index is -0.121. The molecule has 4 rings (SSSR count). The van der Waals surface area contributed by atoms with E-state index in [1.807, 2.05) is 37.3 Å². The number of fused-ring (bicyclic) bond motifs is 1. The first-order chi connectivity index (χ1) is 12.2. The molecule has 1 atom stereocenters. The minimum absolute atomic E-state index is 0.116. The van der Waals surface area contributed by atoms with E-state index in [0.29, 0.717) is 5.56 Å². The average molecular weight is 332 g/mol. The van der Waals surface area contributed by atoms with Gasteiger partial charge in [-0.15, -0.1) is 0 Å². The quantitative estimate of drug-likeness (QED) is 0.601. The van der Waals surface area contributed by atoms with Crippen molar-refractivity contribution >= 4 is 16.9 Å². The molecule has 0 aliphatic carbocycles. The SMILES string of the molecule is CC(NC(=O)c1ccc2nc[nH]c2c1)c1ccc(-n2cncn2)cc1. The Morgan fingerprint density at radius 2 is 2.04 bits per heavy atom. The van der Waals surface area contributed by atoms with Crippen LogP contribution in [-0.2, 0) is 0 Å². The van der Waals surface area contributed by atoms with Crippen LogP contribution in [0.3, 0.4) is 0 Å². The number of nitrogens with zero attached hydrogens (tertiary/aromatic N) is 4. The van der Waals surface area contributed by atoms with Crippen LogP contribution in [0.1, 0.15) is 28.9 Å². The Bertz CT molecular complexity index is 1000. The van der Waals surface area contributed by atoms with Crippen molar-refractivity contribution < 1.29 is 4.79 Å². The third-order valence-corrected chi connectivity index (χ3v) is 4.11. The second-order valence-electron chi connectivity index (χ2n) is 5.76. The van der Waals surface area contributed by atoms with Crippen molar-refractivity contribution in [3.63, 3.8) is 0 Å². The highest BCUT2D eigenvalue weighted by Crippen LogP contribution is 2.17. The highest BCUT2D eigenvalue weighted by molar-refractivity contribution is 5.97. The van der Waals surface area contributed by atoms with E-state index in [1.54, 1.807) is 29.5 Å². The molecular weight excluding hydrogens is 316 g/mol. The van der Waals surface area contributed by atoms with Crippen LogP contribution in [0.15, 0.2) is 61.4 Å². The van der Waals surface area contributed by atoms with Gasteiger partial charge in [-0.1, -0.05) is 12.1 Å². The van der Waals surface area contributed by atoms with Crippen molar-refractivity contribution in [3.8, 4) is 5.69 Å². The summed E-state index contributed by atoms with van der Waals surface area (Å²) in [6, 6.07) is 13.1. The first kappa shape index (κ1) is 15.1. The highest BCUT2D eigenvalue weighted by Gasteiger charge is 2.12. The van der Waals surface area contributed by atoms with Crippen LogP contribution in [0.25, 0.3) is 16.7 Å². The lowest BCUT2D eigenvalue weighted by Gasteiger charge is -2.15. The molecular formula is C18H16N6O. The third-order valence-electron chi connectivity index (χ3n) is 4.11. The molecule has 0 aliphatic heterocycles.